The molecule has 2 heterocycles. The zero-order chi connectivity index (χ0) is 15.7. The Balaban J connectivity index is 2.61. The number of carboxylic acids is 1. The first-order chi connectivity index (χ1) is 9.84. The van der Waals surface area contributed by atoms with Crippen LogP contribution in [-0.2, 0) is 11.8 Å². The fourth-order valence-corrected chi connectivity index (χ4v) is 2.01. The van der Waals surface area contributed by atoms with Gasteiger partial charge in [0.25, 0.3) is 0 Å². The SMILES string of the molecule is CC(C(=O)N(C)C)n1nnc(C(=O)O)c1-c1cncn1C. The summed E-state index contributed by atoms with van der Waals surface area (Å²) in [5, 5.41) is 16.8. The maximum atomic E-state index is 12.1. The normalized spacial score (nSPS) is 12.2. The summed E-state index contributed by atoms with van der Waals surface area (Å²) in [4.78, 5) is 28.8. The average molecular weight is 292 g/mol. The molecule has 0 aromatic carbocycles. The van der Waals surface area contributed by atoms with E-state index < -0.39 is 12.0 Å². The van der Waals surface area contributed by atoms with Crippen molar-refractivity contribution in [1.29, 1.82) is 0 Å². The Kier molecular flexibility index (Phi) is 3.74. The van der Waals surface area contributed by atoms with Crippen LogP contribution in [-0.4, -0.2) is 60.5 Å². The summed E-state index contributed by atoms with van der Waals surface area (Å²) in [6.07, 6.45) is 3.05. The van der Waals surface area contributed by atoms with E-state index in [1.807, 2.05) is 0 Å². The van der Waals surface area contributed by atoms with Gasteiger partial charge in [0, 0.05) is 21.1 Å². The fraction of sp³-hybridized carbons (Fsp3) is 0.417. The molecule has 0 fully saturated rings. The van der Waals surface area contributed by atoms with Gasteiger partial charge in [0.15, 0.2) is 5.69 Å². The molecule has 1 N–H and O–H groups in total. The number of likely N-dealkylation sites (N-methyl/N-ethyl adjacent to an activating group) is 1. The smallest absolute Gasteiger partial charge is 0.358 e. The second-order valence-electron chi connectivity index (χ2n) is 4.83. The van der Waals surface area contributed by atoms with E-state index in [2.05, 4.69) is 15.3 Å². The van der Waals surface area contributed by atoms with Gasteiger partial charge >= 0.3 is 5.97 Å². The summed E-state index contributed by atoms with van der Waals surface area (Å²) in [6, 6.07) is -0.675. The number of aromatic carboxylic acids is 1. The standard InChI is InChI=1S/C12H16N6O3/c1-7(11(19)16(2)3)18-10(8-5-13-6-17(8)4)9(12(20)21)14-15-18/h5-7H,1-4H3,(H,20,21). The second-order valence-corrected chi connectivity index (χ2v) is 4.83. The molecule has 2 aromatic heterocycles. The van der Waals surface area contributed by atoms with E-state index in [9.17, 15) is 14.7 Å². The molecule has 0 aliphatic carbocycles. The topological polar surface area (TPSA) is 106 Å². The molecule has 0 radical (unpaired) electrons. The minimum Gasteiger partial charge on any atom is -0.476 e. The first-order valence-electron chi connectivity index (χ1n) is 6.21. The van der Waals surface area contributed by atoms with E-state index in [1.54, 1.807) is 32.6 Å². The zero-order valence-corrected chi connectivity index (χ0v) is 12.2. The van der Waals surface area contributed by atoms with Crippen molar-refractivity contribution < 1.29 is 14.7 Å². The Labute approximate surface area is 120 Å². The van der Waals surface area contributed by atoms with Gasteiger partial charge in [-0.25, -0.2) is 14.5 Å². The van der Waals surface area contributed by atoms with Crippen molar-refractivity contribution >= 4 is 11.9 Å². The third kappa shape index (κ3) is 2.49. The molecule has 9 heteroatoms. The molecule has 2 aromatic rings. The molecule has 9 nitrogen and oxygen atoms in total. The van der Waals surface area contributed by atoms with Gasteiger partial charge in [-0.3, -0.25) is 4.79 Å². The van der Waals surface area contributed by atoms with Gasteiger partial charge < -0.3 is 14.6 Å². The van der Waals surface area contributed by atoms with Gasteiger partial charge in [-0.15, -0.1) is 5.10 Å². The van der Waals surface area contributed by atoms with E-state index in [1.165, 1.54) is 22.1 Å². The molecule has 2 rings (SSSR count). The maximum Gasteiger partial charge on any atom is 0.358 e. The number of imidazole rings is 1. The molecule has 1 atom stereocenters. The number of carboxylic acid groups (broad SMARTS) is 1. The number of aromatic nitrogens is 5. The van der Waals surface area contributed by atoms with Crippen LogP contribution in [0.2, 0.25) is 0 Å². The van der Waals surface area contributed by atoms with Gasteiger partial charge in [-0.05, 0) is 6.92 Å². The first-order valence-corrected chi connectivity index (χ1v) is 6.21. The molecule has 0 spiro atoms. The highest BCUT2D eigenvalue weighted by molar-refractivity contribution is 5.92. The monoisotopic (exact) mass is 292 g/mol. The third-order valence-corrected chi connectivity index (χ3v) is 3.12. The molecule has 112 valence electrons. The fourth-order valence-electron chi connectivity index (χ4n) is 2.01. The van der Waals surface area contributed by atoms with Crippen LogP contribution < -0.4 is 0 Å². The zero-order valence-electron chi connectivity index (χ0n) is 12.2. The van der Waals surface area contributed by atoms with E-state index in [4.69, 9.17) is 0 Å². The molecule has 0 saturated heterocycles. The molecule has 0 aliphatic heterocycles. The molecule has 0 saturated carbocycles. The molecule has 21 heavy (non-hydrogen) atoms. The van der Waals surface area contributed by atoms with Crippen LogP contribution in [0.25, 0.3) is 11.4 Å². The van der Waals surface area contributed by atoms with Crippen LogP contribution in [0.1, 0.15) is 23.5 Å². The Hall–Kier alpha value is -2.71. The van der Waals surface area contributed by atoms with Gasteiger partial charge in [0.2, 0.25) is 5.91 Å². The van der Waals surface area contributed by atoms with Crippen molar-refractivity contribution in [1.82, 2.24) is 29.4 Å². The number of carbonyl (C=O) groups is 2. The highest BCUT2D eigenvalue weighted by Crippen LogP contribution is 2.25. The molecular formula is C12H16N6O3. The highest BCUT2D eigenvalue weighted by atomic mass is 16.4. The van der Waals surface area contributed by atoms with Gasteiger partial charge in [-0.1, -0.05) is 5.21 Å². The molecular weight excluding hydrogens is 276 g/mol. The van der Waals surface area contributed by atoms with E-state index in [-0.39, 0.29) is 17.3 Å². The highest BCUT2D eigenvalue weighted by Gasteiger charge is 2.28. The van der Waals surface area contributed by atoms with Crippen LogP contribution in [0.5, 0.6) is 0 Å². The van der Waals surface area contributed by atoms with Crippen molar-refractivity contribution in [2.24, 2.45) is 7.05 Å². The number of aryl methyl sites for hydroxylation is 1. The van der Waals surface area contributed by atoms with E-state index >= 15 is 0 Å². The van der Waals surface area contributed by atoms with Crippen LogP contribution >= 0.6 is 0 Å². The Morgan fingerprint density at radius 1 is 1.38 bits per heavy atom. The average Bonchev–Trinajstić information content (AvgIpc) is 3.02. The van der Waals surface area contributed by atoms with Crippen LogP contribution in [0.15, 0.2) is 12.5 Å². The molecule has 0 aliphatic rings. The first kappa shape index (κ1) is 14.7. The summed E-state index contributed by atoms with van der Waals surface area (Å²) >= 11 is 0. The molecule has 1 unspecified atom stereocenters. The largest absolute Gasteiger partial charge is 0.476 e. The summed E-state index contributed by atoms with van der Waals surface area (Å²) in [6.45, 7) is 1.64. The summed E-state index contributed by atoms with van der Waals surface area (Å²) in [5.74, 6) is -1.41. The Morgan fingerprint density at radius 3 is 2.52 bits per heavy atom. The third-order valence-electron chi connectivity index (χ3n) is 3.12. The van der Waals surface area contributed by atoms with Crippen LogP contribution in [0.4, 0.5) is 0 Å². The van der Waals surface area contributed by atoms with Gasteiger partial charge in [0.05, 0.1) is 18.2 Å². The van der Waals surface area contributed by atoms with Crippen molar-refractivity contribution in [3.63, 3.8) is 0 Å². The van der Waals surface area contributed by atoms with Crippen molar-refractivity contribution in [2.75, 3.05) is 14.1 Å². The number of carbonyl (C=O) groups excluding carboxylic acids is 1. The predicted molar refractivity (Wildman–Crippen MR) is 72.6 cm³/mol. The summed E-state index contributed by atoms with van der Waals surface area (Å²) in [5.41, 5.74) is 0.568. The summed E-state index contributed by atoms with van der Waals surface area (Å²) in [7, 11) is 4.97. The van der Waals surface area contributed by atoms with Crippen molar-refractivity contribution in [3.8, 4) is 11.4 Å². The predicted octanol–water partition coefficient (Wildman–Crippen LogP) is 0.0260. The number of hydrogen-bond acceptors (Lipinski definition) is 5. The number of hydrogen-bond donors (Lipinski definition) is 1. The molecule has 1 amide bonds. The lowest BCUT2D eigenvalue weighted by Crippen LogP contribution is -2.31. The summed E-state index contributed by atoms with van der Waals surface area (Å²) < 4.78 is 2.96. The Bertz CT molecular complexity index is 687. The quantitative estimate of drug-likeness (QED) is 0.852. The van der Waals surface area contributed by atoms with Crippen LogP contribution in [0.3, 0.4) is 0 Å². The van der Waals surface area contributed by atoms with E-state index in [0.29, 0.717) is 5.69 Å². The Morgan fingerprint density at radius 2 is 2.05 bits per heavy atom. The van der Waals surface area contributed by atoms with Crippen molar-refractivity contribution in [3.05, 3.63) is 18.2 Å². The van der Waals surface area contributed by atoms with E-state index in [0.717, 1.165) is 0 Å². The minimum absolute atomic E-state index is 0.208. The minimum atomic E-state index is -1.21. The maximum absolute atomic E-state index is 12.1. The molecule has 0 bridgehead atoms. The second kappa shape index (κ2) is 5.35. The van der Waals surface area contributed by atoms with Gasteiger partial charge in [0.1, 0.15) is 11.7 Å². The lowest BCUT2D eigenvalue weighted by atomic mass is 10.2. The van der Waals surface area contributed by atoms with Crippen LogP contribution in [0, 0.1) is 0 Å². The number of nitrogens with zero attached hydrogens (tertiary/aromatic N) is 6. The van der Waals surface area contributed by atoms with Crippen molar-refractivity contribution in [2.45, 2.75) is 13.0 Å². The lowest BCUT2D eigenvalue weighted by molar-refractivity contribution is -0.131. The lowest BCUT2D eigenvalue weighted by Gasteiger charge is -2.18. The van der Waals surface area contributed by atoms with Gasteiger partial charge in [-0.2, -0.15) is 0 Å². The number of amides is 1. The number of rotatable bonds is 4.